The molecule has 1 atom stereocenters. The number of benzene rings is 2. The second kappa shape index (κ2) is 7.34. The van der Waals surface area contributed by atoms with Gasteiger partial charge in [-0.2, -0.15) is 0 Å². The van der Waals surface area contributed by atoms with Crippen LogP contribution >= 0.6 is 11.6 Å². The van der Waals surface area contributed by atoms with Gasteiger partial charge in [-0.05, 0) is 73.1 Å². The Balaban J connectivity index is 1.72. The van der Waals surface area contributed by atoms with E-state index < -0.39 is 17.5 Å². The SMILES string of the molecule is Cc1cc(-c2cccc(CO)c2)c(Cl)cc1C1C(=O)OC2(CCCCC2)C1=O. The second-order valence-corrected chi connectivity index (χ2v) is 8.23. The van der Waals surface area contributed by atoms with E-state index in [1.54, 1.807) is 6.07 Å². The number of carbonyl (C=O) groups is 2. The number of aryl methyl sites for hydroxylation is 1. The van der Waals surface area contributed by atoms with E-state index in [9.17, 15) is 14.7 Å². The minimum atomic E-state index is -0.937. The molecule has 2 aliphatic rings. The van der Waals surface area contributed by atoms with Crippen LogP contribution in [0.15, 0.2) is 36.4 Å². The molecule has 0 amide bonds. The molecule has 0 aromatic heterocycles. The average Bonchev–Trinajstić information content (AvgIpc) is 2.93. The molecule has 5 heteroatoms. The Kier molecular flexibility index (Phi) is 5.02. The molecule has 4 rings (SSSR count). The summed E-state index contributed by atoms with van der Waals surface area (Å²) in [6.07, 6.45) is 4.13. The van der Waals surface area contributed by atoms with Crippen molar-refractivity contribution < 1.29 is 19.4 Å². The molecule has 1 saturated heterocycles. The third-order valence-electron chi connectivity index (χ3n) is 5.99. The number of ketones is 1. The lowest BCUT2D eigenvalue weighted by Crippen LogP contribution is -2.39. The summed E-state index contributed by atoms with van der Waals surface area (Å²) >= 11 is 6.56. The number of halogens is 1. The number of aliphatic hydroxyl groups is 1. The Morgan fingerprint density at radius 1 is 1.14 bits per heavy atom. The Bertz CT molecular complexity index is 944. The molecule has 1 spiro atoms. The van der Waals surface area contributed by atoms with Gasteiger partial charge in [0, 0.05) is 10.6 Å². The Morgan fingerprint density at radius 3 is 2.61 bits per heavy atom. The number of carbonyl (C=O) groups excluding carboxylic acids is 2. The molecule has 1 aliphatic heterocycles. The van der Waals surface area contributed by atoms with Crippen LogP contribution < -0.4 is 0 Å². The molecule has 0 bridgehead atoms. The van der Waals surface area contributed by atoms with Crippen LogP contribution in [0.5, 0.6) is 0 Å². The van der Waals surface area contributed by atoms with Gasteiger partial charge in [-0.3, -0.25) is 9.59 Å². The Labute approximate surface area is 169 Å². The highest BCUT2D eigenvalue weighted by Gasteiger charge is 2.55. The van der Waals surface area contributed by atoms with Gasteiger partial charge in [0.1, 0.15) is 5.92 Å². The fourth-order valence-corrected chi connectivity index (χ4v) is 4.76. The highest BCUT2D eigenvalue weighted by molar-refractivity contribution is 6.33. The van der Waals surface area contributed by atoms with Crippen molar-refractivity contribution in [3.8, 4) is 11.1 Å². The highest BCUT2D eigenvalue weighted by Crippen LogP contribution is 2.45. The summed E-state index contributed by atoms with van der Waals surface area (Å²) < 4.78 is 5.65. The molecule has 0 radical (unpaired) electrons. The van der Waals surface area contributed by atoms with Crippen LogP contribution in [0.3, 0.4) is 0 Å². The van der Waals surface area contributed by atoms with Crippen LogP contribution in [-0.2, 0) is 20.9 Å². The quantitative estimate of drug-likeness (QED) is 0.600. The maximum absolute atomic E-state index is 13.2. The third-order valence-corrected chi connectivity index (χ3v) is 6.30. The van der Waals surface area contributed by atoms with Crippen LogP contribution in [0, 0.1) is 6.92 Å². The molecular weight excluding hydrogens is 376 g/mol. The fourth-order valence-electron chi connectivity index (χ4n) is 4.48. The lowest BCUT2D eigenvalue weighted by molar-refractivity contribution is -0.154. The van der Waals surface area contributed by atoms with E-state index >= 15 is 0 Å². The molecule has 28 heavy (non-hydrogen) atoms. The summed E-state index contributed by atoms with van der Waals surface area (Å²) in [4.78, 5) is 25.8. The summed E-state index contributed by atoms with van der Waals surface area (Å²) in [7, 11) is 0. The first-order valence-corrected chi connectivity index (χ1v) is 10.1. The van der Waals surface area contributed by atoms with Crippen molar-refractivity contribution in [1.82, 2.24) is 0 Å². The van der Waals surface area contributed by atoms with Crippen molar-refractivity contribution in [2.24, 2.45) is 0 Å². The van der Waals surface area contributed by atoms with Gasteiger partial charge in [-0.15, -0.1) is 0 Å². The molecule has 4 nitrogen and oxygen atoms in total. The number of hydrogen-bond acceptors (Lipinski definition) is 4. The van der Waals surface area contributed by atoms with Crippen LogP contribution in [0.1, 0.15) is 54.7 Å². The molecule has 2 aromatic carbocycles. The first kappa shape index (κ1) is 19.2. The molecule has 146 valence electrons. The van der Waals surface area contributed by atoms with E-state index in [4.69, 9.17) is 16.3 Å². The van der Waals surface area contributed by atoms with Gasteiger partial charge >= 0.3 is 5.97 Å². The van der Waals surface area contributed by atoms with Gasteiger partial charge in [0.05, 0.1) is 6.61 Å². The lowest BCUT2D eigenvalue weighted by atomic mass is 9.77. The zero-order valence-corrected chi connectivity index (χ0v) is 16.6. The summed E-state index contributed by atoms with van der Waals surface area (Å²) in [5.74, 6) is -1.47. The van der Waals surface area contributed by atoms with E-state index in [1.807, 2.05) is 37.3 Å². The Hall–Kier alpha value is -2.17. The van der Waals surface area contributed by atoms with Crippen molar-refractivity contribution in [3.05, 3.63) is 58.1 Å². The largest absolute Gasteiger partial charge is 0.450 e. The molecule has 1 heterocycles. The summed E-state index contributed by atoms with van der Waals surface area (Å²) in [5.41, 5.74) is 3.01. The third kappa shape index (κ3) is 3.15. The van der Waals surface area contributed by atoms with E-state index in [1.165, 1.54) is 0 Å². The lowest BCUT2D eigenvalue weighted by Gasteiger charge is -2.29. The van der Waals surface area contributed by atoms with E-state index in [-0.39, 0.29) is 12.4 Å². The number of esters is 1. The first-order valence-electron chi connectivity index (χ1n) is 9.72. The minimum Gasteiger partial charge on any atom is -0.450 e. The van der Waals surface area contributed by atoms with Gasteiger partial charge in [-0.25, -0.2) is 0 Å². The standard InChI is InChI=1S/C23H23ClO4/c1-14-10-18(16-7-5-6-15(11-16)13-25)19(24)12-17(14)20-21(26)23(28-22(20)27)8-3-2-4-9-23/h5-7,10-12,20,25H,2-4,8-9,13H2,1H3. The van der Waals surface area contributed by atoms with Crippen molar-refractivity contribution in [2.75, 3.05) is 0 Å². The smallest absolute Gasteiger partial charge is 0.322 e. The van der Waals surface area contributed by atoms with Gasteiger partial charge in [0.2, 0.25) is 0 Å². The molecule has 2 aromatic rings. The van der Waals surface area contributed by atoms with Gasteiger partial charge in [-0.1, -0.05) is 36.2 Å². The molecule has 1 unspecified atom stereocenters. The van der Waals surface area contributed by atoms with Crippen LogP contribution in [0.25, 0.3) is 11.1 Å². The number of Topliss-reactive ketones (excluding diaryl/α,β-unsaturated/α-hetero) is 1. The zero-order chi connectivity index (χ0) is 19.9. The van der Waals surface area contributed by atoms with Crippen molar-refractivity contribution >= 4 is 23.4 Å². The number of hydrogen-bond donors (Lipinski definition) is 1. The predicted octanol–water partition coefficient (Wildman–Crippen LogP) is 4.72. The van der Waals surface area contributed by atoms with E-state index in [0.29, 0.717) is 23.4 Å². The van der Waals surface area contributed by atoms with Crippen molar-refractivity contribution in [2.45, 2.75) is 57.2 Å². The van der Waals surface area contributed by atoms with Crippen molar-refractivity contribution in [3.63, 3.8) is 0 Å². The summed E-state index contributed by atoms with van der Waals surface area (Å²) in [6.45, 7) is 1.84. The summed E-state index contributed by atoms with van der Waals surface area (Å²) in [5, 5.41) is 9.85. The maximum Gasteiger partial charge on any atom is 0.322 e. The maximum atomic E-state index is 13.2. The average molecular weight is 399 g/mol. The van der Waals surface area contributed by atoms with Gasteiger partial charge in [0.25, 0.3) is 0 Å². The topological polar surface area (TPSA) is 63.6 Å². The van der Waals surface area contributed by atoms with Crippen molar-refractivity contribution in [1.29, 1.82) is 0 Å². The summed E-state index contributed by atoms with van der Waals surface area (Å²) in [6, 6.07) is 11.1. The number of aliphatic hydroxyl groups excluding tert-OH is 1. The predicted molar refractivity (Wildman–Crippen MR) is 107 cm³/mol. The van der Waals surface area contributed by atoms with Gasteiger partial charge < -0.3 is 9.84 Å². The molecular formula is C23H23ClO4. The van der Waals surface area contributed by atoms with Crippen LogP contribution in [0.4, 0.5) is 0 Å². The van der Waals surface area contributed by atoms with E-state index in [2.05, 4.69) is 0 Å². The normalized spacial score (nSPS) is 21.2. The fraction of sp³-hybridized carbons (Fsp3) is 0.391. The molecule has 2 fully saturated rings. The zero-order valence-electron chi connectivity index (χ0n) is 15.8. The molecule has 1 N–H and O–H groups in total. The monoisotopic (exact) mass is 398 g/mol. The highest BCUT2D eigenvalue weighted by atomic mass is 35.5. The molecule has 1 aliphatic carbocycles. The second-order valence-electron chi connectivity index (χ2n) is 7.82. The first-order chi connectivity index (χ1) is 13.4. The number of ether oxygens (including phenoxy) is 1. The van der Waals surface area contributed by atoms with Crippen LogP contribution in [0.2, 0.25) is 5.02 Å². The van der Waals surface area contributed by atoms with Crippen LogP contribution in [-0.4, -0.2) is 22.5 Å². The number of rotatable bonds is 3. The van der Waals surface area contributed by atoms with Gasteiger partial charge in [0.15, 0.2) is 11.4 Å². The Morgan fingerprint density at radius 2 is 1.89 bits per heavy atom. The minimum absolute atomic E-state index is 0.0486. The molecule has 1 saturated carbocycles. The van der Waals surface area contributed by atoms with E-state index in [0.717, 1.165) is 41.5 Å².